The van der Waals surface area contributed by atoms with Crippen molar-refractivity contribution in [2.75, 3.05) is 12.4 Å². The lowest BCUT2D eigenvalue weighted by molar-refractivity contribution is 0.0934. The molecule has 10 heteroatoms. The van der Waals surface area contributed by atoms with E-state index in [0.29, 0.717) is 11.3 Å². The van der Waals surface area contributed by atoms with Crippen LogP contribution in [0.15, 0.2) is 53.0 Å². The van der Waals surface area contributed by atoms with Gasteiger partial charge in [0.15, 0.2) is 5.11 Å². The number of amides is 1. The lowest BCUT2D eigenvalue weighted by atomic mass is 10.2. The number of nitrogens with one attached hydrogen (secondary N) is 3. The third-order valence-corrected chi connectivity index (χ3v) is 4.90. The number of hydrogen-bond acceptors (Lipinski definition) is 3. The van der Waals surface area contributed by atoms with E-state index in [1.807, 2.05) is 24.3 Å². The van der Waals surface area contributed by atoms with Gasteiger partial charge < -0.3 is 20.7 Å². The molecule has 0 heterocycles. The smallest absolute Gasteiger partial charge is 0.253 e. The lowest BCUT2D eigenvalue weighted by Gasteiger charge is -2.28. The number of alkyl halides is 3. The Morgan fingerprint density at radius 3 is 2.48 bits per heavy atom. The molecule has 0 fully saturated rings. The van der Waals surface area contributed by atoms with Gasteiger partial charge in [0, 0.05) is 10.0 Å². The second-order valence-corrected chi connectivity index (χ2v) is 8.89. The van der Waals surface area contributed by atoms with Crippen LogP contribution >= 0.6 is 63.0 Å². The molecule has 0 aromatic heterocycles. The van der Waals surface area contributed by atoms with Crippen LogP contribution in [0.5, 0.6) is 5.75 Å². The van der Waals surface area contributed by atoms with Gasteiger partial charge in [-0.15, -0.1) is 0 Å². The van der Waals surface area contributed by atoms with Gasteiger partial charge in [-0.05, 0) is 58.5 Å². The van der Waals surface area contributed by atoms with Crippen molar-refractivity contribution in [2.24, 2.45) is 0 Å². The summed E-state index contributed by atoms with van der Waals surface area (Å²) >= 11 is 26.7. The molecule has 0 aliphatic heterocycles. The van der Waals surface area contributed by atoms with Crippen molar-refractivity contribution >= 4 is 79.7 Å². The number of hydrogen-bond donors (Lipinski definition) is 3. The Morgan fingerprint density at radius 1 is 1.15 bits per heavy atom. The van der Waals surface area contributed by atoms with Gasteiger partial charge in [0.05, 0.1) is 12.8 Å². The van der Waals surface area contributed by atoms with E-state index >= 15 is 0 Å². The summed E-state index contributed by atoms with van der Waals surface area (Å²) in [6.07, 6.45) is -1.08. The predicted octanol–water partition coefficient (Wildman–Crippen LogP) is 4.87. The van der Waals surface area contributed by atoms with Crippen LogP contribution in [0.25, 0.3) is 0 Å². The summed E-state index contributed by atoms with van der Waals surface area (Å²) in [6, 6.07) is 14.0. The first kappa shape index (κ1) is 22.0. The summed E-state index contributed by atoms with van der Waals surface area (Å²) in [5.41, 5.74) is 1.07. The van der Waals surface area contributed by atoms with E-state index in [1.54, 1.807) is 24.3 Å². The molecule has 0 spiro atoms. The van der Waals surface area contributed by atoms with Crippen LogP contribution in [0.1, 0.15) is 10.4 Å². The molecule has 0 saturated carbocycles. The number of rotatable bonds is 5. The number of benzene rings is 2. The zero-order valence-electron chi connectivity index (χ0n) is 13.9. The number of thiocarbonyl (C=S) groups is 1. The molecular weight excluding hydrogens is 497 g/mol. The Morgan fingerprint density at radius 2 is 1.85 bits per heavy atom. The van der Waals surface area contributed by atoms with Crippen molar-refractivity contribution in [1.82, 2.24) is 10.6 Å². The van der Waals surface area contributed by atoms with Crippen LogP contribution < -0.4 is 20.7 Å². The van der Waals surface area contributed by atoms with Gasteiger partial charge in [0.2, 0.25) is 3.79 Å². The monoisotopic (exact) mass is 509 g/mol. The highest BCUT2D eigenvalue weighted by molar-refractivity contribution is 9.10. The highest BCUT2D eigenvalue weighted by Gasteiger charge is 2.35. The van der Waals surface area contributed by atoms with Gasteiger partial charge in [-0.2, -0.15) is 0 Å². The predicted molar refractivity (Wildman–Crippen MR) is 118 cm³/mol. The Bertz CT molecular complexity index is 833. The maximum absolute atomic E-state index is 12.5. The van der Waals surface area contributed by atoms with Crippen molar-refractivity contribution in [2.45, 2.75) is 9.96 Å². The average molecular weight is 512 g/mol. The highest BCUT2D eigenvalue weighted by Crippen LogP contribution is 2.29. The minimum absolute atomic E-state index is 0.171. The fraction of sp³-hybridized carbons (Fsp3) is 0.176. The van der Waals surface area contributed by atoms with E-state index in [-0.39, 0.29) is 5.11 Å². The number of halogens is 4. The van der Waals surface area contributed by atoms with Gasteiger partial charge in [0.25, 0.3) is 5.91 Å². The van der Waals surface area contributed by atoms with Crippen LogP contribution in [0, 0.1) is 0 Å². The lowest BCUT2D eigenvalue weighted by Crippen LogP contribution is -2.56. The van der Waals surface area contributed by atoms with Crippen molar-refractivity contribution in [1.29, 1.82) is 0 Å². The quantitative estimate of drug-likeness (QED) is 0.304. The third kappa shape index (κ3) is 6.69. The fourth-order valence-corrected chi connectivity index (χ4v) is 2.97. The minimum Gasteiger partial charge on any atom is -0.497 e. The molecule has 2 rings (SSSR count). The Hall–Kier alpha value is -1.25. The number of methoxy groups -OCH3 is 1. The zero-order valence-corrected chi connectivity index (χ0v) is 18.6. The number of ether oxygens (including phenoxy) is 1. The van der Waals surface area contributed by atoms with Crippen LogP contribution in [-0.4, -0.2) is 28.1 Å². The Balaban J connectivity index is 2.10. The van der Waals surface area contributed by atoms with E-state index in [0.717, 1.165) is 10.2 Å². The summed E-state index contributed by atoms with van der Waals surface area (Å²) < 4.78 is 4.06. The molecule has 0 saturated heterocycles. The normalized spacial score (nSPS) is 12.0. The van der Waals surface area contributed by atoms with E-state index < -0.39 is 15.9 Å². The molecule has 2 aromatic carbocycles. The largest absolute Gasteiger partial charge is 0.497 e. The first-order valence-electron chi connectivity index (χ1n) is 7.54. The first-order chi connectivity index (χ1) is 12.7. The minimum atomic E-state index is -1.85. The molecular formula is C17H15BrCl3N3O2S. The number of para-hydroxylation sites is 1. The number of anilines is 1. The third-order valence-electron chi connectivity index (χ3n) is 3.33. The zero-order chi connectivity index (χ0) is 20.0. The molecule has 1 atom stereocenters. The Kier molecular flexibility index (Phi) is 8.00. The second kappa shape index (κ2) is 9.80. The molecule has 0 aliphatic rings. The summed E-state index contributed by atoms with van der Waals surface area (Å²) in [4.78, 5) is 12.5. The summed E-state index contributed by atoms with van der Waals surface area (Å²) in [7, 11) is 1.51. The summed E-state index contributed by atoms with van der Waals surface area (Å²) in [5.74, 6) is 0.0774. The van der Waals surface area contributed by atoms with Gasteiger partial charge >= 0.3 is 0 Å². The van der Waals surface area contributed by atoms with Crippen LogP contribution in [0.3, 0.4) is 0 Å². The molecule has 144 valence electrons. The van der Waals surface area contributed by atoms with E-state index in [1.165, 1.54) is 7.11 Å². The molecule has 0 bridgehead atoms. The number of carbonyl (C=O) groups is 1. The van der Waals surface area contributed by atoms with E-state index in [9.17, 15) is 4.79 Å². The Labute approximate surface area is 185 Å². The molecule has 0 radical (unpaired) electrons. The van der Waals surface area contributed by atoms with Gasteiger partial charge in [0.1, 0.15) is 11.9 Å². The standard InChI is InChI=1S/C17H15BrCl3N3O2S/c1-26-11-6-4-5-10(9-11)14(25)23-15(17(19,20)21)24-16(27)22-13-8-3-2-7-12(13)18/h2-9,15H,1H3,(H,23,25)(H2,22,24,27)/t15-/m1/s1. The summed E-state index contributed by atoms with van der Waals surface area (Å²) in [6.45, 7) is 0. The molecule has 27 heavy (non-hydrogen) atoms. The SMILES string of the molecule is COc1cccc(C(=O)N[C@H](NC(=S)Nc2ccccc2Br)C(Cl)(Cl)Cl)c1. The first-order valence-corrected chi connectivity index (χ1v) is 9.88. The van der Waals surface area contributed by atoms with E-state index in [4.69, 9.17) is 51.8 Å². The number of carbonyl (C=O) groups excluding carboxylic acids is 1. The van der Waals surface area contributed by atoms with Crippen LogP contribution in [-0.2, 0) is 0 Å². The molecule has 0 unspecified atom stereocenters. The maximum atomic E-state index is 12.5. The molecule has 0 aliphatic carbocycles. The summed E-state index contributed by atoms with van der Waals surface area (Å²) in [5, 5.41) is 8.56. The van der Waals surface area contributed by atoms with E-state index in [2.05, 4.69) is 31.9 Å². The van der Waals surface area contributed by atoms with Gasteiger partial charge in [-0.3, -0.25) is 4.79 Å². The molecule has 3 N–H and O–H groups in total. The van der Waals surface area contributed by atoms with Gasteiger partial charge in [-0.1, -0.05) is 53.0 Å². The van der Waals surface area contributed by atoms with Crippen molar-refractivity contribution < 1.29 is 9.53 Å². The van der Waals surface area contributed by atoms with Crippen molar-refractivity contribution in [3.05, 3.63) is 58.6 Å². The second-order valence-electron chi connectivity index (χ2n) is 5.26. The molecule has 2 aromatic rings. The van der Waals surface area contributed by atoms with Gasteiger partial charge in [-0.25, -0.2) is 0 Å². The van der Waals surface area contributed by atoms with Crippen molar-refractivity contribution in [3.8, 4) is 5.75 Å². The topological polar surface area (TPSA) is 62.4 Å². The van der Waals surface area contributed by atoms with Crippen LogP contribution in [0.4, 0.5) is 5.69 Å². The maximum Gasteiger partial charge on any atom is 0.253 e. The fourth-order valence-electron chi connectivity index (χ4n) is 2.03. The molecule has 5 nitrogen and oxygen atoms in total. The highest BCUT2D eigenvalue weighted by atomic mass is 79.9. The average Bonchev–Trinajstić information content (AvgIpc) is 2.62. The van der Waals surface area contributed by atoms with Crippen molar-refractivity contribution in [3.63, 3.8) is 0 Å². The van der Waals surface area contributed by atoms with Crippen LogP contribution in [0.2, 0.25) is 0 Å². The molecule has 1 amide bonds.